The third kappa shape index (κ3) is 1.91. The molecule has 0 unspecified atom stereocenters. The summed E-state index contributed by atoms with van der Waals surface area (Å²) >= 11 is 0. The molecule has 4 aliphatic heterocycles. The minimum atomic E-state index is 0.810. The standard InChI is InChI=1S/C14H21N5O/c1-16-6-3-12-15-13(17-4-2-5-17)11-14(19(12)16)18-7-9-20-10-8-18/h3,11H,2,4-10H2,1H3. The van der Waals surface area contributed by atoms with Gasteiger partial charge in [-0.25, -0.2) is 15.0 Å². The van der Waals surface area contributed by atoms with Crippen molar-refractivity contribution in [2.24, 2.45) is 4.99 Å². The van der Waals surface area contributed by atoms with Crippen LogP contribution in [0.15, 0.2) is 28.8 Å². The summed E-state index contributed by atoms with van der Waals surface area (Å²) in [6, 6.07) is 0. The Hall–Kier alpha value is -1.53. The minimum Gasteiger partial charge on any atom is -0.378 e. The van der Waals surface area contributed by atoms with Gasteiger partial charge in [0.05, 0.1) is 13.2 Å². The van der Waals surface area contributed by atoms with Crippen molar-refractivity contribution in [3.05, 3.63) is 23.8 Å². The highest BCUT2D eigenvalue weighted by atomic mass is 16.5. The molecule has 0 radical (unpaired) electrons. The van der Waals surface area contributed by atoms with Gasteiger partial charge in [0, 0.05) is 45.8 Å². The Labute approximate surface area is 119 Å². The van der Waals surface area contributed by atoms with Gasteiger partial charge in [-0.3, -0.25) is 0 Å². The Morgan fingerprint density at radius 1 is 1.10 bits per heavy atom. The van der Waals surface area contributed by atoms with Crippen molar-refractivity contribution in [1.29, 1.82) is 0 Å². The van der Waals surface area contributed by atoms with Gasteiger partial charge in [-0.1, -0.05) is 0 Å². The lowest BCUT2D eigenvalue weighted by Gasteiger charge is -2.42. The van der Waals surface area contributed by atoms with Crippen LogP contribution in [0.3, 0.4) is 0 Å². The van der Waals surface area contributed by atoms with Gasteiger partial charge in [0.15, 0.2) is 0 Å². The molecule has 108 valence electrons. The van der Waals surface area contributed by atoms with Crippen LogP contribution < -0.4 is 0 Å². The van der Waals surface area contributed by atoms with Crippen molar-refractivity contribution in [2.45, 2.75) is 6.42 Å². The van der Waals surface area contributed by atoms with E-state index < -0.39 is 0 Å². The fraction of sp³-hybridized carbons (Fsp3) is 0.643. The lowest BCUT2D eigenvalue weighted by molar-refractivity contribution is 0.00742. The molecule has 0 atom stereocenters. The Balaban J connectivity index is 1.66. The normalized spacial score (nSPS) is 26.9. The quantitative estimate of drug-likeness (QED) is 0.687. The van der Waals surface area contributed by atoms with Crippen LogP contribution in [0.25, 0.3) is 0 Å². The molecule has 0 spiro atoms. The van der Waals surface area contributed by atoms with Crippen LogP contribution in [0.5, 0.6) is 0 Å². The number of hydrazine groups is 1. The first-order valence-corrected chi connectivity index (χ1v) is 7.42. The van der Waals surface area contributed by atoms with Crippen LogP contribution in [0.4, 0.5) is 0 Å². The van der Waals surface area contributed by atoms with Crippen molar-refractivity contribution in [3.63, 3.8) is 0 Å². The van der Waals surface area contributed by atoms with Crippen LogP contribution in [0.2, 0.25) is 0 Å². The zero-order chi connectivity index (χ0) is 13.5. The largest absolute Gasteiger partial charge is 0.378 e. The number of morpholine rings is 1. The summed E-state index contributed by atoms with van der Waals surface area (Å²) in [5.41, 5.74) is 0. The number of nitrogens with zero attached hydrogens (tertiary/aromatic N) is 5. The second-order valence-electron chi connectivity index (χ2n) is 5.63. The molecule has 0 amide bonds. The average Bonchev–Trinajstić information content (AvgIpc) is 2.79. The van der Waals surface area contributed by atoms with E-state index in [2.05, 4.69) is 39.0 Å². The molecule has 2 saturated heterocycles. The second-order valence-corrected chi connectivity index (χ2v) is 5.63. The van der Waals surface area contributed by atoms with Crippen LogP contribution in [0, 0.1) is 0 Å². The molecule has 0 aromatic heterocycles. The van der Waals surface area contributed by atoms with Crippen LogP contribution in [-0.4, -0.2) is 78.6 Å². The molecule has 4 aliphatic rings. The van der Waals surface area contributed by atoms with E-state index in [1.54, 1.807) is 0 Å². The SMILES string of the molecule is CN1CC=C2N=C(N3CCC3)C=C(N3CCOCC3)N21. The summed E-state index contributed by atoms with van der Waals surface area (Å²) in [7, 11) is 2.11. The molecule has 2 fully saturated rings. The molecule has 0 aromatic rings. The smallest absolute Gasteiger partial charge is 0.148 e. The van der Waals surface area contributed by atoms with Crippen molar-refractivity contribution >= 4 is 5.84 Å². The van der Waals surface area contributed by atoms with E-state index >= 15 is 0 Å². The van der Waals surface area contributed by atoms with Crippen molar-refractivity contribution < 1.29 is 4.74 Å². The number of hydrogen-bond acceptors (Lipinski definition) is 6. The summed E-state index contributed by atoms with van der Waals surface area (Å²) in [6.07, 6.45) is 5.72. The molecular weight excluding hydrogens is 254 g/mol. The monoisotopic (exact) mass is 275 g/mol. The van der Waals surface area contributed by atoms with E-state index in [-0.39, 0.29) is 0 Å². The van der Waals surface area contributed by atoms with E-state index in [9.17, 15) is 0 Å². The zero-order valence-electron chi connectivity index (χ0n) is 12.0. The molecule has 0 bridgehead atoms. The fourth-order valence-corrected chi connectivity index (χ4v) is 2.99. The molecule has 4 heterocycles. The third-order valence-electron chi connectivity index (χ3n) is 4.32. The summed E-state index contributed by atoms with van der Waals surface area (Å²) in [5.74, 6) is 3.44. The van der Waals surface area contributed by atoms with E-state index in [1.807, 2.05) is 0 Å². The highest BCUT2D eigenvalue weighted by Gasteiger charge is 2.33. The third-order valence-corrected chi connectivity index (χ3v) is 4.32. The van der Waals surface area contributed by atoms with E-state index in [1.165, 1.54) is 12.2 Å². The van der Waals surface area contributed by atoms with Crippen molar-refractivity contribution in [1.82, 2.24) is 19.8 Å². The van der Waals surface area contributed by atoms with Crippen molar-refractivity contribution in [2.75, 3.05) is 53.0 Å². The minimum absolute atomic E-state index is 0.810. The van der Waals surface area contributed by atoms with Gasteiger partial charge in [0.25, 0.3) is 0 Å². The predicted octanol–water partition coefficient (Wildman–Crippen LogP) is 0.282. The number of amidine groups is 1. The molecule has 0 aliphatic carbocycles. The first kappa shape index (κ1) is 12.2. The van der Waals surface area contributed by atoms with E-state index in [0.29, 0.717) is 0 Å². The van der Waals surface area contributed by atoms with Gasteiger partial charge in [0.1, 0.15) is 17.5 Å². The lowest BCUT2D eigenvalue weighted by atomic mass is 10.2. The molecule has 0 N–H and O–H groups in total. The Morgan fingerprint density at radius 2 is 1.90 bits per heavy atom. The van der Waals surface area contributed by atoms with Gasteiger partial charge >= 0.3 is 0 Å². The average molecular weight is 275 g/mol. The molecule has 0 aromatic carbocycles. The Morgan fingerprint density at radius 3 is 2.60 bits per heavy atom. The predicted molar refractivity (Wildman–Crippen MR) is 76.7 cm³/mol. The Kier molecular flexibility index (Phi) is 2.93. The summed E-state index contributed by atoms with van der Waals surface area (Å²) in [4.78, 5) is 9.58. The highest BCUT2D eigenvalue weighted by molar-refractivity contribution is 5.95. The summed E-state index contributed by atoms with van der Waals surface area (Å²) in [6.45, 7) is 6.72. The van der Waals surface area contributed by atoms with Crippen LogP contribution in [0.1, 0.15) is 6.42 Å². The first-order chi connectivity index (χ1) is 9.83. The highest BCUT2D eigenvalue weighted by Crippen LogP contribution is 2.30. The van der Waals surface area contributed by atoms with Crippen molar-refractivity contribution in [3.8, 4) is 0 Å². The van der Waals surface area contributed by atoms with Gasteiger partial charge in [-0.05, 0) is 12.5 Å². The number of rotatable bonds is 1. The maximum absolute atomic E-state index is 5.48. The molecule has 6 nitrogen and oxygen atoms in total. The zero-order valence-corrected chi connectivity index (χ0v) is 12.0. The van der Waals surface area contributed by atoms with Crippen LogP contribution in [-0.2, 0) is 4.74 Å². The van der Waals surface area contributed by atoms with Crippen LogP contribution >= 0.6 is 0 Å². The number of hydrogen-bond donors (Lipinski definition) is 0. The fourth-order valence-electron chi connectivity index (χ4n) is 2.99. The van der Waals surface area contributed by atoms with E-state index in [4.69, 9.17) is 9.73 Å². The summed E-state index contributed by atoms with van der Waals surface area (Å²) < 4.78 is 5.48. The second kappa shape index (κ2) is 4.79. The lowest BCUT2D eigenvalue weighted by Crippen LogP contribution is -2.49. The van der Waals surface area contributed by atoms with Gasteiger partial charge in [0.2, 0.25) is 0 Å². The molecule has 0 saturated carbocycles. The molecule has 20 heavy (non-hydrogen) atoms. The number of likely N-dealkylation sites (tertiary alicyclic amines) is 1. The Bertz CT molecular complexity index is 488. The molecule has 4 rings (SSSR count). The number of ether oxygens (including phenoxy) is 1. The maximum atomic E-state index is 5.48. The number of aliphatic imine (C=N–C) groups is 1. The van der Waals surface area contributed by atoms with E-state index in [0.717, 1.165) is 57.6 Å². The molecule has 6 heteroatoms. The maximum Gasteiger partial charge on any atom is 0.148 e. The summed E-state index contributed by atoms with van der Waals surface area (Å²) in [5, 5.41) is 4.45. The topological polar surface area (TPSA) is 34.5 Å². The number of fused-ring (bicyclic) bond motifs is 1. The first-order valence-electron chi connectivity index (χ1n) is 7.42. The molecular formula is C14H21N5O. The van der Waals surface area contributed by atoms with Gasteiger partial charge in [-0.2, -0.15) is 0 Å². The number of likely N-dealkylation sites (N-methyl/N-ethyl adjacent to an activating group) is 1. The van der Waals surface area contributed by atoms with Gasteiger partial charge < -0.3 is 14.5 Å². The van der Waals surface area contributed by atoms with Gasteiger partial charge in [-0.15, -0.1) is 0 Å².